The van der Waals surface area contributed by atoms with Gasteiger partial charge in [0.25, 0.3) is 5.91 Å². The van der Waals surface area contributed by atoms with Gasteiger partial charge >= 0.3 is 0 Å². The number of carbonyl (C=O) groups is 2. The average molecular weight is 489 g/mol. The molecule has 0 bridgehead atoms. The number of carbonyl (C=O) groups excluding carboxylic acids is 2. The Labute approximate surface area is 208 Å². The van der Waals surface area contributed by atoms with Crippen molar-refractivity contribution in [1.29, 1.82) is 0 Å². The molecule has 0 aliphatic carbocycles. The SMILES string of the molecule is CC(C)[C@@H](NC(=O)c1ccc2nc(-n3cccc3)sc2c1)C(=O)N1CCN(c2ccccn2)CC1. The molecule has 0 unspecified atom stereocenters. The van der Waals surface area contributed by atoms with Crippen LogP contribution in [0.25, 0.3) is 15.3 Å². The second-order valence-electron chi connectivity index (χ2n) is 8.96. The third-order valence-corrected chi connectivity index (χ3v) is 7.28. The molecule has 180 valence electrons. The second kappa shape index (κ2) is 9.87. The molecule has 0 spiro atoms. The number of nitrogens with zero attached hydrogens (tertiary/aromatic N) is 5. The lowest BCUT2D eigenvalue weighted by atomic mass is 10.0. The van der Waals surface area contributed by atoms with Gasteiger partial charge in [0.05, 0.1) is 10.2 Å². The Kier molecular flexibility index (Phi) is 6.50. The van der Waals surface area contributed by atoms with Crippen molar-refractivity contribution >= 4 is 39.2 Å². The molecule has 1 N–H and O–H groups in total. The lowest BCUT2D eigenvalue weighted by Crippen LogP contribution is -2.56. The maximum absolute atomic E-state index is 13.4. The third-order valence-electron chi connectivity index (χ3n) is 6.25. The quantitative estimate of drug-likeness (QED) is 0.449. The maximum atomic E-state index is 13.4. The molecule has 1 saturated heterocycles. The monoisotopic (exact) mass is 488 g/mol. The molecule has 8 nitrogen and oxygen atoms in total. The molecule has 5 rings (SSSR count). The van der Waals surface area contributed by atoms with Crippen LogP contribution in [0.1, 0.15) is 24.2 Å². The van der Waals surface area contributed by atoms with E-state index in [1.54, 1.807) is 12.3 Å². The summed E-state index contributed by atoms with van der Waals surface area (Å²) in [7, 11) is 0. The molecule has 2 amide bonds. The Morgan fingerprint density at radius 2 is 1.77 bits per heavy atom. The van der Waals surface area contributed by atoms with Gasteiger partial charge in [-0.3, -0.25) is 9.59 Å². The molecule has 1 atom stereocenters. The van der Waals surface area contributed by atoms with E-state index < -0.39 is 6.04 Å². The fourth-order valence-electron chi connectivity index (χ4n) is 4.26. The predicted octanol–water partition coefficient (Wildman–Crippen LogP) is 3.59. The Morgan fingerprint density at radius 1 is 1.00 bits per heavy atom. The van der Waals surface area contributed by atoms with Crippen molar-refractivity contribution in [1.82, 2.24) is 24.8 Å². The maximum Gasteiger partial charge on any atom is 0.251 e. The Hall–Kier alpha value is -3.72. The largest absolute Gasteiger partial charge is 0.353 e. The molecule has 3 aromatic heterocycles. The number of thiazole rings is 1. The summed E-state index contributed by atoms with van der Waals surface area (Å²) in [6.45, 7) is 6.55. The van der Waals surface area contributed by atoms with Crippen LogP contribution in [0.2, 0.25) is 0 Å². The van der Waals surface area contributed by atoms with E-state index in [4.69, 9.17) is 0 Å². The molecule has 4 aromatic rings. The van der Waals surface area contributed by atoms with Crippen LogP contribution < -0.4 is 10.2 Å². The number of amides is 2. The van der Waals surface area contributed by atoms with Gasteiger partial charge in [-0.25, -0.2) is 9.97 Å². The molecule has 4 heterocycles. The van der Waals surface area contributed by atoms with E-state index >= 15 is 0 Å². The molecule has 0 saturated carbocycles. The van der Waals surface area contributed by atoms with E-state index in [1.165, 1.54) is 11.3 Å². The fraction of sp³-hybridized carbons (Fsp3) is 0.308. The number of anilines is 1. The van der Waals surface area contributed by atoms with Gasteiger partial charge in [-0.05, 0) is 48.4 Å². The van der Waals surface area contributed by atoms with Crippen LogP contribution in [-0.4, -0.2) is 63.5 Å². The number of hydrogen-bond acceptors (Lipinski definition) is 6. The van der Waals surface area contributed by atoms with Crippen LogP contribution in [-0.2, 0) is 4.79 Å². The van der Waals surface area contributed by atoms with Crippen LogP contribution in [0, 0.1) is 5.92 Å². The van der Waals surface area contributed by atoms with E-state index in [1.807, 2.05) is 78.2 Å². The molecule has 1 aliphatic heterocycles. The highest BCUT2D eigenvalue weighted by molar-refractivity contribution is 7.20. The minimum absolute atomic E-state index is 0.0345. The summed E-state index contributed by atoms with van der Waals surface area (Å²) in [5.41, 5.74) is 1.37. The number of aromatic nitrogens is 3. The molecule has 1 fully saturated rings. The first-order valence-electron chi connectivity index (χ1n) is 11.8. The van der Waals surface area contributed by atoms with Crippen LogP contribution in [0.5, 0.6) is 0 Å². The number of benzene rings is 1. The number of rotatable bonds is 6. The van der Waals surface area contributed by atoms with Crippen molar-refractivity contribution in [3.05, 3.63) is 72.7 Å². The minimum atomic E-state index is -0.587. The molecule has 1 aliphatic rings. The predicted molar refractivity (Wildman–Crippen MR) is 138 cm³/mol. The van der Waals surface area contributed by atoms with Gasteiger partial charge in [0.15, 0.2) is 5.13 Å². The Bertz CT molecular complexity index is 1310. The van der Waals surface area contributed by atoms with Crippen molar-refractivity contribution in [2.24, 2.45) is 5.92 Å². The summed E-state index contributed by atoms with van der Waals surface area (Å²) < 4.78 is 2.88. The molecular formula is C26H28N6O2S. The zero-order valence-corrected chi connectivity index (χ0v) is 20.6. The zero-order valence-electron chi connectivity index (χ0n) is 19.8. The summed E-state index contributed by atoms with van der Waals surface area (Å²) in [5.74, 6) is 0.601. The summed E-state index contributed by atoms with van der Waals surface area (Å²) in [4.78, 5) is 39.6. The van der Waals surface area contributed by atoms with Crippen LogP contribution >= 0.6 is 11.3 Å². The van der Waals surface area contributed by atoms with E-state index in [0.29, 0.717) is 31.7 Å². The lowest BCUT2D eigenvalue weighted by molar-refractivity contribution is -0.134. The van der Waals surface area contributed by atoms with Gasteiger partial charge in [-0.2, -0.15) is 0 Å². The van der Waals surface area contributed by atoms with Gasteiger partial charge in [-0.15, -0.1) is 0 Å². The van der Waals surface area contributed by atoms with Crippen LogP contribution in [0.4, 0.5) is 5.82 Å². The van der Waals surface area contributed by atoms with Gasteiger partial charge in [0, 0.05) is 50.3 Å². The standard InChI is InChI=1S/C26H28N6O2S/c1-18(2)23(25(34)31-15-13-30(14-16-31)22-7-3-4-10-27-22)29-24(33)19-8-9-20-21(17-19)35-26(28-20)32-11-5-6-12-32/h3-12,17-18,23H,13-16H2,1-2H3,(H,29,33)/t23-/m1/s1. The van der Waals surface area contributed by atoms with Gasteiger partial charge in [0.1, 0.15) is 11.9 Å². The van der Waals surface area contributed by atoms with Crippen LogP contribution in [0.15, 0.2) is 67.1 Å². The minimum Gasteiger partial charge on any atom is -0.353 e. The topological polar surface area (TPSA) is 83.4 Å². The van der Waals surface area contributed by atoms with Crippen molar-refractivity contribution in [3.63, 3.8) is 0 Å². The summed E-state index contributed by atoms with van der Waals surface area (Å²) in [6, 6.07) is 14.6. The van der Waals surface area contributed by atoms with Crippen molar-refractivity contribution in [2.75, 3.05) is 31.1 Å². The lowest BCUT2D eigenvalue weighted by Gasteiger charge is -2.37. The normalized spacial score (nSPS) is 14.9. The highest BCUT2D eigenvalue weighted by Crippen LogP contribution is 2.26. The van der Waals surface area contributed by atoms with Gasteiger partial charge in [0.2, 0.25) is 5.91 Å². The highest BCUT2D eigenvalue weighted by atomic mass is 32.1. The molecule has 35 heavy (non-hydrogen) atoms. The fourth-order valence-corrected chi connectivity index (χ4v) is 5.23. The third kappa shape index (κ3) is 4.90. The molecular weight excluding hydrogens is 460 g/mol. The smallest absolute Gasteiger partial charge is 0.251 e. The van der Waals surface area contributed by atoms with E-state index in [9.17, 15) is 9.59 Å². The van der Waals surface area contributed by atoms with Crippen LogP contribution in [0.3, 0.4) is 0 Å². The zero-order chi connectivity index (χ0) is 24.4. The Balaban J connectivity index is 1.26. The summed E-state index contributed by atoms with van der Waals surface area (Å²) >= 11 is 1.53. The second-order valence-corrected chi connectivity index (χ2v) is 9.97. The van der Waals surface area contributed by atoms with E-state index in [-0.39, 0.29) is 17.7 Å². The van der Waals surface area contributed by atoms with Crippen molar-refractivity contribution < 1.29 is 9.59 Å². The van der Waals surface area contributed by atoms with Gasteiger partial charge in [-0.1, -0.05) is 31.3 Å². The Morgan fingerprint density at radius 3 is 2.46 bits per heavy atom. The van der Waals surface area contributed by atoms with Gasteiger partial charge < -0.3 is 19.7 Å². The number of piperazine rings is 1. The summed E-state index contributed by atoms with van der Waals surface area (Å²) in [5, 5.41) is 3.84. The molecule has 0 radical (unpaired) electrons. The average Bonchev–Trinajstić information content (AvgIpc) is 3.57. The van der Waals surface area contributed by atoms with E-state index in [0.717, 1.165) is 21.2 Å². The first-order valence-corrected chi connectivity index (χ1v) is 12.6. The number of hydrogen-bond donors (Lipinski definition) is 1. The molecule has 1 aromatic carbocycles. The summed E-state index contributed by atoms with van der Waals surface area (Å²) in [6.07, 6.45) is 5.67. The first-order chi connectivity index (χ1) is 17.0. The van der Waals surface area contributed by atoms with Crippen molar-refractivity contribution in [2.45, 2.75) is 19.9 Å². The molecule has 9 heteroatoms. The highest BCUT2D eigenvalue weighted by Gasteiger charge is 2.31. The number of nitrogens with one attached hydrogen (secondary N) is 1. The van der Waals surface area contributed by atoms with Crippen molar-refractivity contribution in [3.8, 4) is 5.13 Å². The first kappa shape index (κ1) is 23.0. The number of pyridine rings is 1. The van der Waals surface area contributed by atoms with E-state index in [2.05, 4.69) is 20.2 Å². The number of fused-ring (bicyclic) bond motifs is 1.